The molecule has 1 aromatic carbocycles. The summed E-state index contributed by atoms with van der Waals surface area (Å²) >= 11 is 1.70. The van der Waals surface area contributed by atoms with Gasteiger partial charge in [0, 0.05) is 9.58 Å². The fraction of sp³-hybridized carbons (Fsp3) is 0.333. The van der Waals surface area contributed by atoms with Crippen LogP contribution in [0.1, 0.15) is 22.9 Å². The minimum atomic E-state index is 0.155. The summed E-state index contributed by atoms with van der Waals surface area (Å²) in [6, 6.07) is 6.47. The van der Waals surface area contributed by atoms with Gasteiger partial charge in [-0.1, -0.05) is 19.1 Å². The van der Waals surface area contributed by atoms with Crippen molar-refractivity contribution in [2.75, 3.05) is 0 Å². The molecule has 0 radical (unpaired) electrons. The molecule has 0 aliphatic rings. The molecule has 0 atom stereocenters. The van der Waals surface area contributed by atoms with Crippen LogP contribution < -0.4 is 0 Å². The Morgan fingerprint density at radius 1 is 1.36 bits per heavy atom. The van der Waals surface area contributed by atoms with Crippen LogP contribution in [0.15, 0.2) is 18.2 Å². The lowest BCUT2D eigenvalue weighted by molar-refractivity contribution is 0.285. The van der Waals surface area contributed by atoms with E-state index in [1.165, 1.54) is 21.2 Å². The molecule has 0 saturated heterocycles. The largest absolute Gasteiger partial charge is 0.391 e. The summed E-state index contributed by atoms with van der Waals surface area (Å²) in [5, 5.41) is 10.4. The minimum Gasteiger partial charge on any atom is -0.391 e. The number of hydrogen-bond donors (Lipinski definition) is 1. The molecule has 1 N–H and O–H groups in total. The molecule has 74 valence electrons. The molecule has 2 aromatic rings. The van der Waals surface area contributed by atoms with E-state index in [9.17, 15) is 0 Å². The third-order valence-electron chi connectivity index (χ3n) is 2.56. The Balaban J connectivity index is 2.74. The van der Waals surface area contributed by atoms with E-state index in [4.69, 9.17) is 5.11 Å². The topological polar surface area (TPSA) is 20.2 Å². The molecule has 1 nitrogen and oxygen atoms in total. The van der Waals surface area contributed by atoms with Crippen molar-refractivity contribution in [2.24, 2.45) is 0 Å². The summed E-state index contributed by atoms with van der Waals surface area (Å²) in [6.45, 7) is 4.45. The molecule has 0 amide bonds. The lowest BCUT2D eigenvalue weighted by atomic mass is 10.1. The van der Waals surface area contributed by atoms with Gasteiger partial charge in [-0.05, 0) is 35.9 Å². The van der Waals surface area contributed by atoms with Gasteiger partial charge in [0.25, 0.3) is 0 Å². The molecule has 0 aliphatic heterocycles. The van der Waals surface area contributed by atoms with E-state index >= 15 is 0 Å². The number of aliphatic hydroxyl groups is 1. The van der Waals surface area contributed by atoms with Crippen molar-refractivity contribution < 1.29 is 5.11 Å². The first kappa shape index (κ1) is 9.69. The zero-order chi connectivity index (χ0) is 10.1. The smallest absolute Gasteiger partial charge is 0.0774 e. The van der Waals surface area contributed by atoms with Gasteiger partial charge < -0.3 is 5.11 Å². The molecule has 0 aliphatic carbocycles. The summed E-state index contributed by atoms with van der Waals surface area (Å²) in [7, 11) is 0. The Labute approximate surface area is 88.0 Å². The number of aliphatic hydroxyl groups excluding tert-OH is 1. The van der Waals surface area contributed by atoms with E-state index in [1.54, 1.807) is 11.3 Å². The fourth-order valence-electron chi connectivity index (χ4n) is 1.75. The first-order valence-corrected chi connectivity index (χ1v) is 5.69. The van der Waals surface area contributed by atoms with Gasteiger partial charge in [0.05, 0.1) is 6.61 Å². The van der Waals surface area contributed by atoms with Gasteiger partial charge in [0.2, 0.25) is 0 Å². The van der Waals surface area contributed by atoms with Crippen LogP contribution in [0.4, 0.5) is 0 Å². The van der Waals surface area contributed by atoms with Crippen molar-refractivity contribution in [2.45, 2.75) is 26.9 Å². The third kappa shape index (κ3) is 1.45. The van der Waals surface area contributed by atoms with Crippen molar-refractivity contribution in [1.29, 1.82) is 0 Å². The van der Waals surface area contributed by atoms with Crippen LogP contribution in [0.5, 0.6) is 0 Å². The molecule has 2 rings (SSSR count). The maximum Gasteiger partial charge on any atom is 0.0774 e. The summed E-state index contributed by atoms with van der Waals surface area (Å²) in [5.74, 6) is 0. The predicted molar refractivity (Wildman–Crippen MR) is 61.9 cm³/mol. The number of benzene rings is 1. The van der Waals surface area contributed by atoms with Crippen molar-refractivity contribution in [3.05, 3.63) is 34.2 Å². The number of fused-ring (bicyclic) bond motifs is 1. The van der Waals surface area contributed by atoms with Crippen LogP contribution in [0, 0.1) is 6.92 Å². The molecule has 0 spiro atoms. The van der Waals surface area contributed by atoms with Crippen LogP contribution in [-0.2, 0) is 13.0 Å². The van der Waals surface area contributed by atoms with Crippen molar-refractivity contribution in [3.8, 4) is 0 Å². The highest BCUT2D eigenvalue weighted by atomic mass is 32.1. The van der Waals surface area contributed by atoms with Crippen LogP contribution >= 0.6 is 11.3 Å². The summed E-state index contributed by atoms with van der Waals surface area (Å²) < 4.78 is 1.33. The van der Waals surface area contributed by atoms with Gasteiger partial charge >= 0.3 is 0 Å². The average Bonchev–Trinajstić information content (AvgIpc) is 2.63. The van der Waals surface area contributed by atoms with Gasteiger partial charge in [0.1, 0.15) is 0 Å². The van der Waals surface area contributed by atoms with Crippen molar-refractivity contribution in [1.82, 2.24) is 0 Å². The minimum absolute atomic E-state index is 0.155. The number of rotatable bonds is 2. The van der Waals surface area contributed by atoms with Gasteiger partial charge in [0.15, 0.2) is 0 Å². The first-order chi connectivity index (χ1) is 6.76. The monoisotopic (exact) mass is 206 g/mol. The van der Waals surface area contributed by atoms with E-state index in [0.29, 0.717) is 0 Å². The zero-order valence-corrected chi connectivity index (χ0v) is 9.32. The van der Waals surface area contributed by atoms with Crippen molar-refractivity contribution in [3.63, 3.8) is 0 Å². The Kier molecular flexibility index (Phi) is 2.57. The molecule has 0 unspecified atom stereocenters. The maximum absolute atomic E-state index is 9.10. The van der Waals surface area contributed by atoms with Crippen LogP contribution in [0.2, 0.25) is 0 Å². The Bertz CT molecular complexity index is 457. The van der Waals surface area contributed by atoms with Crippen LogP contribution in [-0.4, -0.2) is 5.11 Å². The molecular weight excluding hydrogens is 192 g/mol. The Morgan fingerprint density at radius 3 is 2.79 bits per heavy atom. The fourth-order valence-corrected chi connectivity index (χ4v) is 2.78. The second-order valence-corrected chi connectivity index (χ2v) is 4.65. The maximum atomic E-state index is 9.10. The van der Waals surface area contributed by atoms with E-state index in [-0.39, 0.29) is 6.61 Å². The predicted octanol–water partition coefficient (Wildman–Crippen LogP) is 3.26. The van der Waals surface area contributed by atoms with Crippen LogP contribution in [0.25, 0.3) is 10.1 Å². The second kappa shape index (κ2) is 3.71. The Morgan fingerprint density at radius 2 is 2.14 bits per heavy atom. The SMILES string of the molecule is CCc1ccc(C)c2sc(CO)cc12. The van der Waals surface area contributed by atoms with Gasteiger partial charge in [-0.2, -0.15) is 0 Å². The third-order valence-corrected chi connectivity index (χ3v) is 3.81. The molecule has 2 heteroatoms. The lowest BCUT2D eigenvalue weighted by Crippen LogP contribution is -1.81. The van der Waals surface area contributed by atoms with Gasteiger partial charge in [-0.25, -0.2) is 0 Å². The van der Waals surface area contributed by atoms with E-state index in [0.717, 1.165) is 11.3 Å². The summed E-state index contributed by atoms with van der Waals surface area (Å²) in [4.78, 5) is 1.06. The van der Waals surface area contributed by atoms with E-state index in [1.807, 2.05) is 0 Å². The molecule has 14 heavy (non-hydrogen) atoms. The molecule has 1 heterocycles. The summed E-state index contributed by atoms with van der Waals surface area (Å²) in [5.41, 5.74) is 2.68. The highest BCUT2D eigenvalue weighted by Gasteiger charge is 2.06. The standard InChI is InChI=1S/C12H14OS/c1-3-9-5-4-8(2)12-11(9)6-10(7-13)14-12/h4-6,13H,3,7H2,1-2H3. The first-order valence-electron chi connectivity index (χ1n) is 4.88. The van der Waals surface area contributed by atoms with Gasteiger partial charge in [-0.3, -0.25) is 0 Å². The Hall–Kier alpha value is -0.860. The summed E-state index contributed by atoms with van der Waals surface area (Å²) in [6.07, 6.45) is 1.05. The second-order valence-electron chi connectivity index (χ2n) is 3.51. The number of thiophene rings is 1. The molecular formula is C12H14OS. The molecule has 1 aromatic heterocycles. The lowest BCUT2D eigenvalue weighted by Gasteiger charge is -2.01. The van der Waals surface area contributed by atoms with Crippen LogP contribution in [0.3, 0.4) is 0 Å². The molecule has 0 bridgehead atoms. The van der Waals surface area contributed by atoms with E-state index in [2.05, 4.69) is 32.0 Å². The highest BCUT2D eigenvalue weighted by Crippen LogP contribution is 2.31. The number of hydrogen-bond acceptors (Lipinski definition) is 2. The van der Waals surface area contributed by atoms with Gasteiger partial charge in [-0.15, -0.1) is 11.3 Å². The number of aryl methyl sites for hydroxylation is 2. The normalized spacial score (nSPS) is 11.1. The average molecular weight is 206 g/mol. The van der Waals surface area contributed by atoms with E-state index < -0.39 is 0 Å². The van der Waals surface area contributed by atoms with Crippen molar-refractivity contribution >= 4 is 21.4 Å². The molecule has 0 saturated carbocycles. The quantitative estimate of drug-likeness (QED) is 0.799. The zero-order valence-electron chi connectivity index (χ0n) is 8.50. The highest BCUT2D eigenvalue weighted by molar-refractivity contribution is 7.19. The molecule has 0 fully saturated rings.